The van der Waals surface area contributed by atoms with Gasteiger partial charge in [0.25, 0.3) is 5.91 Å². The molecule has 1 aliphatic rings. The number of ether oxygens (including phenoxy) is 2. The summed E-state index contributed by atoms with van der Waals surface area (Å²) in [7, 11) is 1.56. The highest BCUT2D eigenvalue weighted by molar-refractivity contribution is 6.32. The first-order valence-corrected chi connectivity index (χ1v) is 8.84. The van der Waals surface area contributed by atoms with Gasteiger partial charge < -0.3 is 24.0 Å². The lowest BCUT2D eigenvalue weighted by molar-refractivity contribution is 0.0493. The van der Waals surface area contributed by atoms with Crippen LogP contribution in [0.5, 0.6) is 11.5 Å². The number of rotatable bonds is 6. The number of halogens is 1. The van der Waals surface area contributed by atoms with E-state index in [1.807, 2.05) is 0 Å². The Balaban J connectivity index is 1.63. The minimum absolute atomic E-state index is 0.0461. The summed E-state index contributed by atoms with van der Waals surface area (Å²) in [5, 5.41) is 13.7. The molecule has 0 aliphatic carbocycles. The zero-order valence-electron chi connectivity index (χ0n) is 14.5. The predicted molar refractivity (Wildman–Crippen MR) is 94.6 cm³/mol. The minimum Gasteiger partial charge on any atom is -0.497 e. The molecule has 8 heteroatoms. The molecule has 2 heterocycles. The van der Waals surface area contributed by atoms with Crippen molar-refractivity contribution in [3.63, 3.8) is 0 Å². The van der Waals surface area contributed by atoms with Gasteiger partial charge in [-0.1, -0.05) is 16.8 Å². The van der Waals surface area contributed by atoms with E-state index in [0.717, 1.165) is 19.3 Å². The second-order valence-corrected chi connectivity index (χ2v) is 6.50. The van der Waals surface area contributed by atoms with Gasteiger partial charge in [0.05, 0.1) is 24.8 Å². The minimum atomic E-state index is -0.235. The molecule has 1 N–H and O–H groups in total. The molecule has 1 aromatic carbocycles. The zero-order valence-corrected chi connectivity index (χ0v) is 15.2. The van der Waals surface area contributed by atoms with Gasteiger partial charge in [0.2, 0.25) is 0 Å². The average molecular weight is 381 g/mol. The molecule has 0 spiro atoms. The van der Waals surface area contributed by atoms with Crippen LogP contribution in [0.25, 0.3) is 0 Å². The monoisotopic (exact) mass is 380 g/mol. The molecule has 0 radical (unpaired) electrons. The number of aromatic nitrogens is 1. The van der Waals surface area contributed by atoms with Crippen LogP contribution < -0.4 is 9.47 Å². The van der Waals surface area contributed by atoms with Gasteiger partial charge in [-0.15, -0.1) is 0 Å². The maximum absolute atomic E-state index is 12.6. The molecular weight excluding hydrogens is 360 g/mol. The number of carbonyl (C=O) groups is 1. The van der Waals surface area contributed by atoms with Crippen LogP contribution in [0.3, 0.4) is 0 Å². The molecule has 26 heavy (non-hydrogen) atoms. The van der Waals surface area contributed by atoms with Crippen molar-refractivity contribution in [3.8, 4) is 11.5 Å². The van der Waals surface area contributed by atoms with Crippen LogP contribution in [0.2, 0.25) is 5.02 Å². The van der Waals surface area contributed by atoms with Crippen LogP contribution in [0.1, 0.15) is 35.5 Å². The molecule has 7 nitrogen and oxygen atoms in total. The van der Waals surface area contributed by atoms with Crippen molar-refractivity contribution < 1.29 is 23.9 Å². The van der Waals surface area contributed by atoms with Crippen molar-refractivity contribution in [2.45, 2.75) is 31.9 Å². The Bertz CT molecular complexity index is 764. The van der Waals surface area contributed by atoms with Gasteiger partial charge >= 0.3 is 0 Å². The highest BCUT2D eigenvalue weighted by Crippen LogP contribution is 2.29. The molecule has 1 aromatic heterocycles. The average Bonchev–Trinajstić information content (AvgIpc) is 3.15. The highest BCUT2D eigenvalue weighted by Gasteiger charge is 2.28. The summed E-state index contributed by atoms with van der Waals surface area (Å²) in [5.74, 6) is 1.29. The van der Waals surface area contributed by atoms with Crippen molar-refractivity contribution in [2.75, 3.05) is 20.3 Å². The van der Waals surface area contributed by atoms with Gasteiger partial charge in [-0.05, 0) is 31.4 Å². The summed E-state index contributed by atoms with van der Waals surface area (Å²) in [6, 6.07) is 6.48. The van der Waals surface area contributed by atoms with Gasteiger partial charge in [-0.2, -0.15) is 0 Å². The number of aliphatic hydroxyl groups is 1. The maximum Gasteiger partial charge on any atom is 0.276 e. The first-order valence-electron chi connectivity index (χ1n) is 8.46. The molecule has 0 bridgehead atoms. The number of methoxy groups -OCH3 is 1. The van der Waals surface area contributed by atoms with Crippen molar-refractivity contribution in [2.24, 2.45) is 0 Å². The molecule has 0 saturated carbocycles. The van der Waals surface area contributed by atoms with Gasteiger partial charge in [0.1, 0.15) is 18.1 Å². The molecule has 2 aromatic rings. The fourth-order valence-corrected chi connectivity index (χ4v) is 3.19. The van der Waals surface area contributed by atoms with E-state index in [9.17, 15) is 9.90 Å². The van der Waals surface area contributed by atoms with Crippen molar-refractivity contribution >= 4 is 17.5 Å². The first kappa shape index (κ1) is 18.5. The van der Waals surface area contributed by atoms with E-state index in [1.165, 1.54) is 0 Å². The first-order chi connectivity index (χ1) is 12.6. The molecule has 1 fully saturated rings. The lowest BCUT2D eigenvalue weighted by Crippen LogP contribution is -2.45. The van der Waals surface area contributed by atoms with Crippen molar-refractivity contribution in [3.05, 3.63) is 40.7 Å². The quantitative estimate of drug-likeness (QED) is 0.829. The Hall–Kier alpha value is -2.25. The summed E-state index contributed by atoms with van der Waals surface area (Å²) in [6.07, 6.45) is 2.73. The van der Waals surface area contributed by atoms with E-state index in [-0.39, 0.29) is 30.9 Å². The van der Waals surface area contributed by atoms with E-state index in [4.69, 9.17) is 25.6 Å². The van der Waals surface area contributed by atoms with Crippen LogP contribution in [-0.2, 0) is 6.61 Å². The molecule has 1 saturated heterocycles. The number of hydrogen-bond donors (Lipinski definition) is 1. The Morgan fingerprint density at radius 2 is 2.27 bits per heavy atom. The maximum atomic E-state index is 12.6. The second-order valence-electron chi connectivity index (χ2n) is 6.09. The Labute approximate surface area is 156 Å². The topological polar surface area (TPSA) is 85.0 Å². The number of likely N-dealkylation sites (tertiary alicyclic amines) is 1. The molecule has 0 unspecified atom stereocenters. The van der Waals surface area contributed by atoms with Crippen LogP contribution in [0, 0.1) is 0 Å². The van der Waals surface area contributed by atoms with Crippen molar-refractivity contribution in [1.29, 1.82) is 0 Å². The summed E-state index contributed by atoms with van der Waals surface area (Å²) >= 11 is 6.13. The fourth-order valence-electron chi connectivity index (χ4n) is 2.96. The van der Waals surface area contributed by atoms with E-state index in [2.05, 4.69) is 5.16 Å². The van der Waals surface area contributed by atoms with E-state index in [1.54, 1.807) is 36.3 Å². The zero-order chi connectivity index (χ0) is 18.5. The molecule has 3 rings (SSSR count). The molecule has 140 valence electrons. The van der Waals surface area contributed by atoms with Crippen LogP contribution in [-0.4, -0.2) is 47.4 Å². The van der Waals surface area contributed by atoms with E-state index in [0.29, 0.717) is 28.8 Å². The molecular formula is C18H21ClN2O5. The number of aliphatic hydroxyl groups excluding tert-OH is 1. The van der Waals surface area contributed by atoms with Gasteiger partial charge in [-0.3, -0.25) is 4.79 Å². The third-order valence-electron chi connectivity index (χ3n) is 4.39. The van der Waals surface area contributed by atoms with Gasteiger partial charge in [0.15, 0.2) is 11.5 Å². The van der Waals surface area contributed by atoms with Gasteiger partial charge in [-0.25, -0.2) is 0 Å². The van der Waals surface area contributed by atoms with Crippen LogP contribution >= 0.6 is 11.6 Å². The number of carbonyl (C=O) groups excluding carboxylic acids is 1. The number of hydrogen-bond acceptors (Lipinski definition) is 6. The number of benzene rings is 1. The van der Waals surface area contributed by atoms with E-state index >= 15 is 0 Å². The number of amides is 1. The Kier molecular flexibility index (Phi) is 6.00. The summed E-state index contributed by atoms with van der Waals surface area (Å²) in [6.45, 7) is 0.662. The highest BCUT2D eigenvalue weighted by atomic mass is 35.5. The lowest BCUT2D eigenvalue weighted by Gasteiger charge is -2.33. The summed E-state index contributed by atoms with van der Waals surface area (Å²) < 4.78 is 15.9. The molecule has 1 amide bonds. The fraction of sp³-hybridized carbons (Fsp3) is 0.444. The second kappa shape index (κ2) is 8.42. The smallest absolute Gasteiger partial charge is 0.276 e. The molecule has 1 aliphatic heterocycles. The Morgan fingerprint density at radius 3 is 3.00 bits per heavy atom. The standard InChI is InChI=1S/C18H21ClN2O5/c1-24-13-5-6-17(15(19)8-13)25-11-14-9-16(20-26-14)18(23)21-7-3-2-4-12(21)10-22/h5-6,8-9,12,22H,2-4,7,10-11H2,1H3/t12-/m0/s1. The number of nitrogens with zero attached hydrogens (tertiary/aromatic N) is 2. The third-order valence-corrected chi connectivity index (χ3v) is 4.68. The largest absolute Gasteiger partial charge is 0.497 e. The number of piperidine rings is 1. The molecule has 1 atom stereocenters. The summed E-state index contributed by atoms with van der Waals surface area (Å²) in [5.41, 5.74) is 0.213. The predicted octanol–water partition coefficient (Wildman–Crippen LogP) is 2.90. The SMILES string of the molecule is COc1ccc(OCc2cc(C(=O)N3CCCC[C@H]3CO)no2)c(Cl)c1. The van der Waals surface area contributed by atoms with E-state index < -0.39 is 0 Å². The van der Waals surface area contributed by atoms with Crippen molar-refractivity contribution in [1.82, 2.24) is 10.1 Å². The Morgan fingerprint density at radius 1 is 1.42 bits per heavy atom. The lowest BCUT2D eigenvalue weighted by atomic mass is 10.0. The summed E-state index contributed by atoms with van der Waals surface area (Å²) in [4.78, 5) is 14.3. The van der Waals surface area contributed by atoms with Gasteiger partial charge in [0, 0.05) is 18.7 Å². The normalized spacial score (nSPS) is 17.2. The third kappa shape index (κ3) is 4.11. The van der Waals surface area contributed by atoms with Crippen LogP contribution in [0.15, 0.2) is 28.8 Å². The van der Waals surface area contributed by atoms with Crippen LogP contribution in [0.4, 0.5) is 0 Å².